The van der Waals surface area contributed by atoms with Crippen molar-refractivity contribution >= 4 is 29.4 Å². The van der Waals surface area contributed by atoms with Crippen molar-refractivity contribution in [2.24, 2.45) is 7.05 Å². The molecule has 0 spiro atoms. The second-order valence-electron chi connectivity index (χ2n) is 6.36. The van der Waals surface area contributed by atoms with Crippen molar-refractivity contribution in [3.05, 3.63) is 59.0 Å². The van der Waals surface area contributed by atoms with Gasteiger partial charge in [0, 0.05) is 13.6 Å². The third-order valence-electron chi connectivity index (χ3n) is 4.57. The average molecular weight is 397 g/mol. The summed E-state index contributed by atoms with van der Waals surface area (Å²) in [6, 6.07) is 7.95. The number of hydrogen-bond donors (Lipinski definition) is 1. The Bertz CT molecular complexity index is 1080. The topological polar surface area (TPSA) is 114 Å². The number of nitrogens with one attached hydrogen (secondary N) is 1. The highest BCUT2D eigenvalue weighted by molar-refractivity contribution is 6.45. The zero-order valence-corrected chi connectivity index (χ0v) is 15.9. The Morgan fingerprint density at radius 2 is 1.69 bits per heavy atom. The van der Waals surface area contributed by atoms with Gasteiger partial charge in [0.15, 0.2) is 0 Å². The molecule has 10 heteroatoms. The van der Waals surface area contributed by atoms with Crippen molar-refractivity contribution in [1.29, 1.82) is 0 Å². The van der Waals surface area contributed by atoms with Crippen LogP contribution in [-0.4, -0.2) is 56.0 Å². The van der Waals surface area contributed by atoms with Crippen LogP contribution in [0.1, 0.15) is 5.69 Å². The maximum atomic E-state index is 12.8. The molecule has 1 aromatic heterocycles. The fraction of sp³-hybridized carbons (Fsp3) is 0.211. The summed E-state index contributed by atoms with van der Waals surface area (Å²) in [4.78, 5) is 62.5. The van der Waals surface area contributed by atoms with Crippen molar-refractivity contribution in [3.8, 4) is 5.69 Å². The van der Waals surface area contributed by atoms with Gasteiger partial charge >= 0.3 is 17.8 Å². The number of rotatable bonds is 6. The highest BCUT2D eigenvalue weighted by Crippen LogP contribution is 2.15. The lowest BCUT2D eigenvalue weighted by molar-refractivity contribution is -0.143. The van der Waals surface area contributed by atoms with Crippen LogP contribution in [0, 0.1) is 6.92 Å². The summed E-state index contributed by atoms with van der Waals surface area (Å²) in [6.45, 7) is 4.25. The van der Waals surface area contributed by atoms with Gasteiger partial charge in [-0.2, -0.15) is 0 Å². The number of imide groups is 2. The first kappa shape index (κ1) is 19.8. The van der Waals surface area contributed by atoms with Gasteiger partial charge in [-0.25, -0.2) is 14.4 Å². The molecule has 2 aromatic rings. The summed E-state index contributed by atoms with van der Waals surface area (Å²) in [5, 5.41) is 2.45. The molecule has 0 atom stereocenters. The molecule has 0 aliphatic carbocycles. The van der Waals surface area contributed by atoms with E-state index >= 15 is 0 Å². The largest absolute Gasteiger partial charge is 0.335 e. The van der Waals surface area contributed by atoms with Crippen molar-refractivity contribution < 1.29 is 19.2 Å². The number of amides is 5. The van der Waals surface area contributed by atoms with Crippen LogP contribution in [0.5, 0.6) is 0 Å². The summed E-state index contributed by atoms with van der Waals surface area (Å²) in [5.41, 5.74) is 0.650. The molecule has 1 aromatic carbocycles. The van der Waals surface area contributed by atoms with E-state index < -0.39 is 35.9 Å². The molecule has 5 amide bonds. The summed E-state index contributed by atoms with van der Waals surface area (Å²) in [7, 11) is 1.67. The van der Waals surface area contributed by atoms with E-state index in [9.17, 15) is 24.0 Å². The Kier molecular flexibility index (Phi) is 5.18. The first-order valence-corrected chi connectivity index (χ1v) is 8.70. The van der Waals surface area contributed by atoms with Gasteiger partial charge < -0.3 is 5.32 Å². The van der Waals surface area contributed by atoms with Gasteiger partial charge in [0.05, 0.1) is 11.4 Å². The third kappa shape index (κ3) is 3.35. The van der Waals surface area contributed by atoms with Crippen LogP contribution < -0.4 is 10.9 Å². The lowest BCUT2D eigenvalue weighted by Gasteiger charge is -2.13. The van der Waals surface area contributed by atoms with Gasteiger partial charge in [0.1, 0.15) is 12.2 Å². The van der Waals surface area contributed by atoms with Crippen molar-refractivity contribution in [3.63, 3.8) is 0 Å². The van der Waals surface area contributed by atoms with Crippen LogP contribution in [-0.2, 0) is 21.4 Å². The smallest absolute Gasteiger partial charge is 0.318 e. The van der Waals surface area contributed by atoms with Gasteiger partial charge in [0.2, 0.25) is 5.91 Å². The Balaban J connectivity index is 1.83. The first-order chi connectivity index (χ1) is 13.8. The van der Waals surface area contributed by atoms with Gasteiger partial charge in [-0.1, -0.05) is 24.3 Å². The maximum Gasteiger partial charge on any atom is 0.335 e. The molecule has 1 aliphatic heterocycles. The molecule has 0 radical (unpaired) electrons. The van der Waals surface area contributed by atoms with Crippen LogP contribution >= 0.6 is 0 Å². The highest BCUT2D eigenvalue weighted by Gasteiger charge is 2.44. The molecule has 150 valence electrons. The highest BCUT2D eigenvalue weighted by atomic mass is 16.2. The predicted molar refractivity (Wildman–Crippen MR) is 103 cm³/mol. The Labute approximate surface area is 165 Å². The number of carbonyl (C=O) groups is 4. The summed E-state index contributed by atoms with van der Waals surface area (Å²) < 4.78 is 2.96. The quantitative estimate of drug-likeness (QED) is 0.431. The van der Waals surface area contributed by atoms with E-state index in [2.05, 4.69) is 11.9 Å². The molecule has 0 bridgehead atoms. The van der Waals surface area contributed by atoms with Crippen LogP contribution in [0.2, 0.25) is 0 Å². The number of para-hydroxylation sites is 1. The van der Waals surface area contributed by atoms with Crippen LogP contribution in [0.3, 0.4) is 0 Å². The number of nitrogens with zero attached hydrogens (tertiary/aromatic N) is 4. The molecule has 3 rings (SSSR count). The fourth-order valence-corrected chi connectivity index (χ4v) is 3.01. The SMILES string of the molecule is C=CCN1C(=O)C(=O)N(CC(=O)Nc2c(C)n(C)n(-c3ccccc3)c2=O)C1=O. The summed E-state index contributed by atoms with van der Waals surface area (Å²) in [5.74, 6) is -2.89. The van der Waals surface area contributed by atoms with E-state index in [1.807, 2.05) is 6.07 Å². The molecular weight excluding hydrogens is 378 g/mol. The molecular formula is C19H19N5O5. The number of hydrogen-bond acceptors (Lipinski definition) is 5. The first-order valence-electron chi connectivity index (χ1n) is 8.70. The Hall–Kier alpha value is -3.95. The van der Waals surface area contributed by atoms with E-state index in [1.165, 1.54) is 10.8 Å². The normalized spacial score (nSPS) is 13.9. The van der Waals surface area contributed by atoms with Crippen molar-refractivity contribution in [2.45, 2.75) is 6.92 Å². The van der Waals surface area contributed by atoms with Crippen molar-refractivity contribution in [1.82, 2.24) is 19.2 Å². The lowest BCUT2D eigenvalue weighted by Crippen LogP contribution is -2.39. The molecule has 1 aliphatic rings. The van der Waals surface area contributed by atoms with Crippen LogP contribution in [0.25, 0.3) is 5.69 Å². The number of aromatic nitrogens is 2. The van der Waals surface area contributed by atoms with Crippen LogP contribution in [0.4, 0.5) is 10.5 Å². The molecule has 1 N–H and O–H groups in total. The summed E-state index contributed by atoms with van der Waals surface area (Å²) in [6.07, 6.45) is 1.30. The molecule has 2 heterocycles. The average Bonchev–Trinajstić information content (AvgIpc) is 3.03. The summed E-state index contributed by atoms with van der Waals surface area (Å²) >= 11 is 0. The van der Waals surface area contributed by atoms with E-state index in [4.69, 9.17) is 0 Å². The van der Waals surface area contributed by atoms with E-state index in [0.717, 1.165) is 0 Å². The fourth-order valence-electron chi connectivity index (χ4n) is 3.01. The minimum absolute atomic E-state index is 0.0229. The number of urea groups is 1. The van der Waals surface area contributed by atoms with Gasteiger partial charge in [-0.15, -0.1) is 6.58 Å². The van der Waals surface area contributed by atoms with Gasteiger partial charge in [-0.05, 0) is 19.1 Å². The molecule has 1 fully saturated rings. The van der Waals surface area contributed by atoms with E-state index in [-0.39, 0.29) is 12.2 Å². The minimum Gasteiger partial charge on any atom is -0.318 e. The number of carbonyl (C=O) groups excluding carboxylic acids is 4. The van der Waals surface area contributed by atoms with Crippen molar-refractivity contribution in [2.75, 3.05) is 18.4 Å². The third-order valence-corrected chi connectivity index (χ3v) is 4.57. The standard InChI is InChI=1S/C19H19N5O5/c1-4-10-22-17(27)18(28)23(19(22)29)11-14(25)20-15-12(2)21(3)24(16(15)26)13-8-6-5-7-9-13/h4-9H,1,10-11H2,2-3H3,(H,20,25). The molecule has 1 saturated heterocycles. The molecule has 29 heavy (non-hydrogen) atoms. The van der Waals surface area contributed by atoms with Crippen LogP contribution in [0.15, 0.2) is 47.8 Å². The lowest BCUT2D eigenvalue weighted by atomic mass is 10.3. The number of benzene rings is 1. The zero-order chi connectivity index (χ0) is 21.3. The van der Waals surface area contributed by atoms with E-state index in [0.29, 0.717) is 21.2 Å². The second-order valence-corrected chi connectivity index (χ2v) is 6.36. The van der Waals surface area contributed by atoms with E-state index in [1.54, 1.807) is 42.9 Å². The Morgan fingerprint density at radius 3 is 2.31 bits per heavy atom. The molecule has 10 nitrogen and oxygen atoms in total. The zero-order valence-electron chi connectivity index (χ0n) is 15.9. The second kappa shape index (κ2) is 7.58. The number of anilines is 1. The Morgan fingerprint density at radius 1 is 1.07 bits per heavy atom. The monoisotopic (exact) mass is 397 g/mol. The maximum absolute atomic E-state index is 12.8. The predicted octanol–water partition coefficient (Wildman–Crippen LogP) is 0.400. The minimum atomic E-state index is -1.10. The molecule has 0 saturated carbocycles. The van der Waals surface area contributed by atoms with Gasteiger partial charge in [0.25, 0.3) is 5.56 Å². The molecule has 0 unspecified atom stereocenters. The van der Waals surface area contributed by atoms with Gasteiger partial charge in [-0.3, -0.25) is 28.8 Å².